The highest BCUT2D eigenvalue weighted by molar-refractivity contribution is 7.17. The van der Waals surface area contributed by atoms with Crippen LogP contribution >= 0.6 is 11.3 Å². The van der Waals surface area contributed by atoms with Crippen LogP contribution in [0.1, 0.15) is 23.1 Å². The standard InChI is InChI=1S/C27H34N2O4S/c1-28(12-8-20-18-34-26-17-22(31-2)6-7-23(20)26)10-5-11-29-13-9-19-14-24(32-3)25(33-4)15-21(19)16-27(29)30/h6-7,14-15,17-18H,5,8-13,16H2,1-4H3. The molecule has 0 unspecified atom stereocenters. The maximum Gasteiger partial charge on any atom is 0.227 e. The van der Waals surface area contributed by atoms with E-state index in [4.69, 9.17) is 14.2 Å². The molecular weight excluding hydrogens is 448 g/mol. The van der Waals surface area contributed by atoms with Crippen LogP contribution in [0.2, 0.25) is 0 Å². The van der Waals surface area contributed by atoms with Crippen molar-refractivity contribution < 1.29 is 19.0 Å². The Bertz CT molecular complexity index is 1140. The van der Waals surface area contributed by atoms with Crippen molar-refractivity contribution in [1.82, 2.24) is 9.80 Å². The number of amides is 1. The fraction of sp³-hybridized carbons (Fsp3) is 0.444. The molecule has 0 fully saturated rings. The lowest BCUT2D eigenvalue weighted by Gasteiger charge is -2.22. The molecule has 1 aliphatic heterocycles. The minimum absolute atomic E-state index is 0.189. The summed E-state index contributed by atoms with van der Waals surface area (Å²) in [6, 6.07) is 10.3. The van der Waals surface area contributed by atoms with Gasteiger partial charge in [0.2, 0.25) is 5.91 Å². The van der Waals surface area contributed by atoms with E-state index in [-0.39, 0.29) is 5.91 Å². The molecule has 3 aromatic rings. The highest BCUT2D eigenvalue weighted by Crippen LogP contribution is 2.32. The number of fused-ring (bicyclic) bond motifs is 2. The summed E-state index contributed by atoms with van der Waals surface area (Å²) >= 11 is 1.77. The van der Waals surface area contributed by atoms with Gasteiger partial charge in [-0.25, -0.2) is 0 Å². The van der Waals surface area contributed by atoms with Crippen LogP contribution in [0.25, 0.3) is 10.1 Å². The van der Waals surface area contributed by atoms with Crippen LogP contribution in [0, 0.1) is 0 Å². The Morgan fingerprint density at radius 3 is 2.50 bits per heavy atom. The molecule has 0 N–H and O–H groups in total. The van der Waals surface area contributed by atoms with Crippen molar-refractivity contribution in [2.75, 3.05) is 54.6 Å². The third kappa shape index (κ3) is 5.47. The lowest BCUT2D eigenvalue weighted by Crippen LogP contribution is -2.35. The van der Waals surface area contributed by atoms with Gasteiger partial charge in [-0.1, -0.05) is 0 Å². The molecule has 0 saturated carbocycles. The first-order valence-corrected chi connectivity index (χ1v) is 12.6. The van der Waals surface area contributed by atoms with Gasteiger partial charge in [0.25, 0.3) is 0 Å². The molecule has 0 radical (unpaired) electrons. The van der Waals surface area contributed by atoms with E-state index in [1.165, 1.54) is 21.2 Å². The zero-order chi connectivity index (χ0) is 24.1. The number of carbonyl (C=O) groups is 1. The summed E-state index contributed by atoms with van der Waals surface area (Å²) in [5.41, 5.74) is 3.61. The Kier molecular flexibility index (Phi) is 7.95. The predicted octanol–water partition coefficient (Wildman–Crippen LogP) is 4.42. The number of rotatable bonds is 10. The number of benzene rings is 2. The Morgan fingerprint density at radius 1 is 1.00 bits per heavy atom. The van der Waals surface area contributed by atoms with E-state index in [1.54, 1.807) is 32.7 Å². The minimum Gasteiger partial charge on any atom is -0.497 e. The number of ether oxygens (including phenoxy) is 3. The molecule has 0 atom stereocenters. The number of hydrogen-bond donors (Lipinski definition) is 0. The summed E-state index contributed by atoms with van der Waals surface area (Å²) in [6.45, 7) is 3.49. The third-order valence-corrected chi connectivity index (χ3v) is 7.64. The summed E-state index contributed by atoms with van der Waals surface area (Å²) in [6.07, 6.45) is 3.24. The van der Waals surface area contributed by atoms with Crippen molar-refractivity contribution in [2.24, 2.45) is 0 Å². The Morgan fingerprint density at radius 2 is 1.76 bits per heavy atom. The summed E-state index contributed by atoms with van der Waals surface area (Å²) in [7, 11) is 7.14. The molecule has 0 aliphatic carbocycles. The highest BCUT2D eigenvalue weighted by atomic mass is 32.1. The first kappa shape index (κ1) is 24.4. The van der Waals surface area contributed by atoms with Gasteiger partial charge in [0.15, 0.2) is 11.5 Å². The van der Waals surface area contributed by atoms with Crippen LogP contribution in [-0.2, 0) is 24.1 Å². The Balaban J connectivity index is 1.26. The molecule has 182 valence electrons. The van der Waals surface area contributed by atoms with Gasteiger partial charge in [0.05, 0.1) is 27.8 Å². The monoisotopic (exact) mass is 482 g/mol. The molecule has 0 spiro atoms. The van der Waals surface area contributed by atoms with Crippen LogP contribution in [0.3, 0.4) is 0 Å². The molecule has 1 aliphatic rings. The van der Waals surface area contributed by atoms with Gasteiger partial charge < -0.3 is 24.0 Å². The SMILES string of the molecule is COc1ccc2c(CCN(C)CCCN3CCc4cc(OC)c(OC)cc4CC3=O)csc2c1. The van der Waals surface area contributed by atoms with E-state index in [0.717, 1.165) is 62.5 Å². The maximum absolute atomic E-state index is 12.9. The van der Waals surface area contributed by atoms with Crippen molar-refractivity contribution in [3.63, 3.8) is 0 Å². The van der Waals surface area contributed by atoms with E-state index < -0.39 is 0 Å². The van der Waals surface area contributed by atoms with Gasteiger partial charge in [0, 0.05) is 24.3 Å². The van der Waals surface area contributed by atoms with Crippen molar-refractivity contribution in [2.45, 2.75) is 25.7 Å². The summed E-state index contributed by atoms with van der Waals surface area (Å²) < 4.78 is 17.5. The van der Waals surface area contributed by atoms with Gasteiger partial charge in [-0.05, 0) is 90.6 Å². The van der Waals surface area contributed by atoms with E-state index in [2.05, 4.69) is 29.5 Å². The molecule has 1 amide bonds. The summed E-state index contributed by atoms with van der Waals surface area (Å²) in [4.78, 5) is 17.3. The largest absolute Gasteiger partial charge is 0.497 e. The van der Waals surface area contributed by atoms with Gasteiger partial charge >= 0.3 is 0 Å². The fourth-order valence-electron chi connectivity index (χ4n) is 4.59. The van der Waals surface area contributed by atoms with E-state index in [1.807, 2.05) is 23.1 Å². The molecule has 6 nitrogen and oxygen atoms in total. The normalized spacial score (nSPS) is 13.8. The van der Waals surface area contributed by atoms with E-state index >= 15 is 0 Å². The predicted molar refractivity (Wildman–Crippen MR) is 138 cm³/mol. The minimum atomic E-state index is 0.189. The topological polar surface area (TPSA) is 51.2 Å². The van der Waals surface area contributed by atoms with Crippen LogP contribution in [0.15, 0.2) is 35.7 Å². The second-order valence-electron chi connectivity index (χ2n) is 8.81. The van der Waals surface area contributed by atoms with E-state index in [9.17, 15) is 4.79 Å². The quantitative estimate of drug-likeness (QED) is 0.428. The van der Waals surface area contributed by atoms with Crippen LogP contribution < -0.4 is 14.2 Å². The summed E-state index contributed by atoms with van der Waals surface area (Å²) in [5, 5.41) is 3.58. The van der Waals surface area contributed by atoms with Gasteiger partial charge in [-0.15, -0.1) is 11.3 Å². The number of thiophene rings is 1. The van der Waals surface area contributed by atoms with Gasteiger partial charge in [-0.3, -0.25) is 4.79 Å². The van der Waals surface area contributed by atoms with Gasteiger partial charge in [0.1, 0.15) is 5.75 Å². The highest BCUT2D eigenvalue weighted by Gasteiger charge is 2.22. The van der Waals surface area contributed by atoms with Crippen molar-refractivity contribution in [3.05, 3.63) is 52.4 Å². The van der Waals surface area contributed by atoms with Crippen molar-refractivity contribution in [1.29, 1.82) is 0 Å². The van der Waals surface area contributed by atoms with Crippen molar-refractivity contribution in [3.8, 4) is 17.2 Å². The molecule has 0 saturated heterocycles. The average Bonchev–Trinajstić information content (AvgIpc) is 3.19. The molecular formula is C27H34N2O4S. The second-order valence-corrected chi connectivity index (χ2v) is 9.72. The Hall–Kier alpha value is -2.77. The third-order valence-electron chi connectivity index (χ3n) is 6.64. The zero-order valence-corrected chi connectivity index (χ0v) is 21.4. The van der Waals surface area contributed by atoms with Crippen LogP contribution in [0.5, 0.6) is 17.2 Å². The molecule has 2 aromatic carbocycles. The van der Waals surface area contributed by atoms with E-state index in [0.29, 0.717) is 12.2 Å². The number of nitrogens with zero attached hydrogens (tertiary/aromatic N) is 2. The smallest absolute Gasteiger partial charge is 0.227 e. The number of methoxy groups -OCH3 is 3. The lowest BCUT2D eigenvalue weighted by molar-refractivity contribution is -0.130. The lowest BCUT2D eigenvalue weighted by atomic mass is 10.0. The number of carbonyl (C=O) groups excluding carboxylic acids is 1. The number of likely N-dealkylation sites (N-methyl/N-ethyl adjacent to an activating group) is 1. The van der Waals surface area contributed by atoms with Gasteiger partial charge in [-0.2, -0.15) is 0 Å². The molecule has 34 heavy (non-hydrogen) atoms. The first-order chi connectivity index (χ1) is 16.5. The molecule has 4 rings (SSSR count). The zero-order valence-electron chi connectivity index (χ0n) is 20.6. The second kappa shape index (κ2) is 11.1. The molecule has 7 heteroatoms. The molecule has 1 aromatic heterocycles. The molecule has 0 bridgehead atoms. The average molecular weight is 483 g/mol. The summed E-state index contributed by atoms with van der Waals surface area (Å²) in [5.74, 6) is 2.50. The fourth-order valence-corrected chi connectivity index (χ4v) is 5.61. The first-order valence-electron chi connectivity index (χ1n) is 11.8. The molecule has 2 heterocycles. The van der Waals surface area contributed by atoms with Crippen LogP contribution in [-0.4, -0.2) is 70.3 Å². The van der Waals surface area contributed by atoms with Crippen molar-refractivity contribution >= 4 is 27.3 Å². The van der Waals surface area contributed by atoms with Crippen LogP contribution in [0.4, 0.5) is 0 Å². The Labute approximate surface area is 206 Å². The number of hydrogen-bond acceptors (Lipinski definition) is 6. The maximum atomic E-state index is 12.9.